The van der Waals surface area contributed by atoms with E-state index in [9.17, 15) is 0 Å². The lowest BCUT2D eigenvalue weighted by Crippen LogP contribution is -2.26. The van der Waals surface area contributed by atoms with Crippen molar-refractivity contribution >= 4 is 32.3 Å². The molecule has 0 atom stereocenters. The second-order valence-corrected chi connectivity index (χ2v) is 16.7. The van der Waals surface area contributed by atoms with E-state index in [0.717, 1.165) is 0 Å². The summed E-state index contributed by atoms with van der Waals surface area (Å²) in [5.74, 6) is 0. The zero-order chi connectivity index (χ0) is 40.1. The second kappa shape index (κ2) is 13.1. The summed E-state index contributed by atoms with van der Waals surface area (Å²) in [6.07, 6.45) is 0. The number of benzene rings is 11. The summed E-state index contributed by atoms with van der Waals surface area (Å²) in [5.41, 5.74) is 20.1. The van der Waals surface area contributed by atoms with Crippen LogP contribution in [0.3, 0.4) is 0 Å². The molecule has 0 heterocycles. The molecule has 61 heavy (non-hydrogen) atoms. The van der Waals surface area contributed by atoms with Crippen LogP contribution in [0, 0.1) is 0 Å². The van der Waals surface area contributed by atoms with Gasteiger partial charge in [-0.05, 0) is 133 Å². The van der Waals surface area contributed by atoms with E-state index in [1.54, 1.807) is 0 Å². The monoisotopic (exact) mass is 770 g/mol. The number of hydrogen-bond donors (Lipinski definition) is 0. The van der Waals surface area contributed by atoms with Gasteiger partial charge in [0.1, 0.15) is 0 Å². The first-order chi connectivity index (χ1) is 30.3. The van der Waals surface area contributed by atoms with Gasteiger partial charge < -0.3 is 0 Å². The van der Waals surface area contributed by atoms with E-state index in [-0.39, 0.29) is 0 Å². The highest BCUT2D eigenvalue weighted by Gasteiger charge is 2.52. The van der Waals surface area contributed by atoms with Crippen LogP contribution in [0.4, 0.5) is 0 Å². The lowest BCUT2D eigenvalue weighted by molar-refractivity contribution is 0.795. The first kappa shape index (κ1) is 34.1. The van der Waals surface area contributed by atoms with Gasteiger partial charge >= 0.3 is 0 Å². The molecule has 2 aliphatic carbocycles. The van der Waals surface area contributed by atoms with Gasteiger partial charge in [0.25, 0.3) is 0 Å². The molecule has 13 rings (SSSR count). The van der Waals surface area contributed by atoms with Crippen LogP contribution >= 0.6 is 0 Å². The minimum Gasteiger partial charge on any atom is -0.0619 e. The average molecular weight is 771 g/mol. The Morgan fingerprint density at radius 2 is 0.639 bits per heavy atom. The molecule has 0 bridgehead atoms. The topological polar surface area (TPSA) is 0 Å². The van der Waals surface area contributed by atoms with E-state index >= 15 is 0 Å². The van der Waals surface area contributed by atoms with E-state index in [4.69, 9.17) is 0 Å². The molecule has 0 heteroatoms. The Bertz CT molecular complexity index is 3510. The Kier molecular flexibility index (Phi) is 7.32. The summed E-state index contributed by atoms with van der Waals surface area (Å²) in [5, 5.41) is 7.64. The summed E-state index contributed by atoms with van der Waals surface area (Å²) in [6.45, 7) is 0. The van der Waals surface area contributed by atoms with Crippen LogP contribution in [0.5, 0.6) is 0 Å². The Morgan fingerprint density at radius 3 is 1.23 bits per heavy atom. The van der Waals surface area contributed by atoms with Gasteiger partial charge in [-0.25, -0.2) is 0 Å². The van der Waals surface area contributed by atoms with Crippen LogP contribution < -0.4 is 0 Å². The molecule has 0 aromatic heterocycles. The Balaban J connectivity index is 1.02. The first-order valence-corrected chi connectivity index (χ1v) is 21.3. The van der Waals surface area contributed by atoms with E-state index in [1.807, 2.05) is 0 Å². The molecule has 0 N–H and O–H groups in total. The van der Waals surface area contributed by atoms with Gasteiger partial charge in [-0.1, -0.05) is 218 Å². The minimum absolute atomic E-state index is 0.488. The van der Waals surface area contributed by atoms with E-state index in [1.165, 1.54) is 121 Å². The van der Waals surface area contributed by atoms with Crippen LogP contribution in [0.25, 0.3) is 99.1 Å². The summed E-state index contributed by atoms with van der Waals surface area (Å²) in [7, 11) is 0. The summed E-state index contributed by atoms with van der Waals surface area (Å²) >= 11 is 0. The normalized spacial score (nSPS) is 13.0. The van der Waals surface area contributed by atoms with Gasteiger partial charge in [0.2, 0.25) is 0 Å². The molecule has 0 saturated carbocycles. The standard InChI is InChI=1S/C61H38/c1-3-17-46-40(13-1)15-11-23-48(46)42-29-27-39(28-30-42)45-35-36-54-58(37-45)61(56-25-9-7-20-51(56)52-21-8-10-26-57(52)61)59-38-55(50-19-5-6-22-53(50)60(54)59)44-33-31-43(32-34-44)49-24-12-16-41-14-2-4-18-47(41)49/h1-38H. The van der Waals surface area contributed by atoms with Crippen molar-refractivity contribution in [2.24, 2.45) is 0 Å². The van der Waals surface area contributed by atoms with E-state index in [0.29, 0.717) is 0 Å². The van der Waals surface area contributed by atoms with Gasteiger partial charge in [0.15, 0.2) is 0 Å². The quantitative estimate of drug-likeness (QED) is 0.167. The fourth-order valence-electron chi connectivity index (χ4n) is 11.0. The number of hydrogen-bond acceptors (Lipinski definition) is 0. The lowest BCUT2D eigenvalue weighted by Gasteiger charge is -2.31. The van der Waals surface area contributed by atoms with Crippen LogP contribution in [0.1, 0.15) is 22.3 Å². The van der Waals surface area contributed by atoms with Crippen molar-refractivity contribution in [2.45, 2.75) is 5.41 Å². The van der Waals surface area contributed by atoms with Crippen LogP contribution in [-0.4, -0.2) is 0 Å². The third kappa shape index (κ3) is 4.88. The molecule has 1 spiro atoms. The maximum absolute atomic E-state index is 2.54. The molecule has 0 aliphatic heterocycles. The van der Waals surface area contributed by atoms with Gasteiger partial charge in [-0.15, -0.1) is 0 Å². The zero-order valence-electron chi connectivity index (χ0n) is 33.4. The molecule has 0 radical (unpaired) electrons. The maximum Gasteiger partial charge on any atom is 0.0726 e. The summed E-state index contributed by atoms with van der Waals surface area (Å²) < 4.78 is 0. The smallest absolute Gasteiger partial charge is 0.0619 e. The van der Waals surface area contributed by atoms with Crippen molar-refractivity contribution in [1.29, 1.82) is 0 Å². The lowest BCUT2D eigenvalue weighted by atomic mass is 9.69. The summed E-state index contributed by atoms with van der Waals surface area (Å²) in [4.78, 5) is 0. The zero-order valence-corrected chi connectivity index (χ0v) is 33.4. The van der Waals surface area contributed by atoms with E-state index in [2.05, 4.69) is 231 Å². The molecule has 11 aromatic rings. The van der Waals surface area contributed by atoms with Crippen molar-refractivity contribution < 1.29 is 0 Å². The third-order valence-corrected chi connectivity index (χ3v) is 13.7. The Labute approximate surface area is 355 Å². The van der Waals surface area contributed by atoms with Crippen molar-refractivity contribution in [1.82, 2.24) is 0 Å². The largest absolute Gasteiger partial charge is 0.0726 e. The molecule has 282 valence electrons. The molecule has 0 nitrogen and oxygen atoms in total. The molecule has 0 saturated heterocycles. The van der Waals surface area contributed by atoms with E-state index < -0.39 is 5.41 Å². The Morgan fingerprint density at radius 1 is 0.213 bits per heavy atom. The van der Waals surface area contributed by atoms with Crippen molar-refractivity contribution in [3.05, 3.63) is 253 Å². The predicted octanol–water partition coefficient (Wildman–Crippen LogP) is 16.2. The SMILES string of the molecule is c1ccc2c(c1)-c1ccccc1C21c2cc(-c3ccc(-c4cccc5ccccc45)cc3)ccc2-c2c1cc(-c1ccc(-c3cccc4ccccc34)cc1)c1ccccc21. The molecule has 0 fully saturated rings. The highest BCUT2D eigenvalue weighted by atomic mass is 14.5. The van der Waals surface area contributed by atoms with Gasteiger partial charge in [-0.2, -0.15) is 0 Å². The van der Waals surface area contributed by atoms with Crippen LogP contribution in [0.15, 0.2) is 231 Å². The maximum atomic E-state index is 2.54. The van der Waals surface area contributed by atoms with Crippen molar-refractivity contribution in [3.63, 3.8) is 0 Å². The van der Waals surface area contributed by atoms with Gasteiger partial charge in [-0.3, -0.25) is 0 Å². The van der Waals surface area contributed by atoms with Gasteiger partial charge in [0, 0.05) is 0 Å². The third-order valence-electron chi connectivity index (χ3n) is 13.7. The van der Waals surface area contributed by atoms with Crippen molar-refractivity contribution in [3.8, 4) is 66.8 Å². The van der Waals surface area contributed by atoms with Gasteiger partial charge in [0.05, 0.1) is 5.41 Å². The fraction of sp³-hybridized carbons (Fsp3) is 0.0164. The van der Waals surface area contributed by atoms with Crippen LogP contribution in [0.2, 0.25) is 0 Å². The molecule has 11 aromatic carbocycles. The van der Waals surface area contributed by atoms with Crippen molar-refractivity contribution in [2.75, 3.05) is 0 Å². The highest BCUT2D eigenvalue weighted by Crippen LogP contribution is 2.64. The highest BCUT2D eigenvalue weighted by molar-refractivity contribution is 6.12. The Hall–Kier alpha value is -7.80. The molecular weight excluding hydrogens is 733 g/mol. The second-order valence-electron chi connectivity index (χ2n) is 16.7. The molecule has 0 unspecified atom stereocenters. The average Bonchev–Trinajstić information content (AvgIpc) is 3.80. The number of rotatable bonds is 4. The molecular formula is C61H38. The first-order valence-electron chi connectivity index (χ1n) is 21.3. The molecule has 0 amide bonds. The minimum atomic E-state index is -0.488. The molecule has 2 aliphatic rings. The fourth-order valence-corrected chi connectivity index (χ4v) is 11.0. The van der Waals surface area contributed by atoms with Crippen LogP contribution in [-0.2, 0) is 5.41 Å². The predicted molar refractivity (Wildman–Crippen MR) is 257 cm³/mol. The summed E-state index contributed by atoms with van der Waals surface area (Å²) in [6, 6.07) is 86.2. The number of fused-ring (bicyclic) bond motifs is 14.